The van der Waals surface area contributed by atoms with Gasteiger partial charge in [0.05, 0.1) is 0 Å². The summed E-state index contributed by atoms with van der Waals surface area (Å²) in [4.78, 5) is 2.44. The normalized spacial score (nSPS) is 18.9. The Morgan fingerprint density at radius 1 is 0.947 bits per heavy atom. The average molecular weight is 251 g/mol. The topological polar surface area (TPSA) is 23.5 Å². The molecule has 3 aliphatic heterocycles. The van der Waals surface area contributed by atoms with Crippen molar-refractivity contribution in [3.8, 4) is 5.75 Å². The summed E-state index contributed by atoms with van der Waals surface area (Å²) in [5.41, 5.74) is 2.83. The van der Waals surface area contributed by atoms with E-state index in [1.807, 2.05) is 12.1 Å². The van der Waals surface area contributed by atoms with Crippen molar-refractivity contribution in [3.63, 3.8) is 0 Å². The minimum Gasteiger partial charge on any atom is -0.508 e. The van der Waals surface area contributed by atoms with Crippen LogP contribution in [0.5, 0.6) is 5.75 Å². The second-order valence-electron chi connectivity index (χ2n) is 5.64. The molecule has 19 heavy (non-hydrogen) atoms. The molecular formula is C17H17NO. The molecule has 0 aliphatic carbocycles. The first-order chi connectivity index (χ1) is 9.29. The first-order valence-electron chi connectivity index (χ1n) is 6.98. The van der Waals surface area contributed by atoms with Crippen LogP contribution in [0.3, 0.4) is 0 Å². The van der Waals surface area contributed by atoms with Gasteiger partial charge < -0.3 is 10.0 Å². The van der Waals surface area contributed by atoms with Gasteiger partial charge in [-0.2, -0.15) is 0 Å². The molecule has 1 N–H and O–H groups in total. The van der Waals surface area contributed by atoms with Gasteiger partial charge in [0.1, 0.15) is 5.75 Å². The van der Waals surface area contributed by atoms with E-state index < -0.39 is 0 Å². The largest absolute Gasteiger partial charge is 0.508 e. The lowest BCUT2D eigenvalue weighted by Crippen LogP contribution is -2.35. The van der Waals surface area contributed by atoms with Crippen LogP contribution in [0.15, 0.2) is 42.6 Å². The van der Waals surface area contributed by atoms with Gasteiger partial charge in [0.25, 0.3) is 0 Å². The molecule has 0 unspecified atom stereocenters. The molecule has 0 amide bonds. The molecule has 1 fully saturated rings. The number of benzene rings is 2. The molecule has 96 valence electrons. The molecule has 1 saturated heterocycles. The van der Waals surface area contributed by atoms with Crippen LogP contribution in [0.1, 0.15) is 18.4 Å². The van der Waals surface area contributed by atoms with Crippen LogP contribution in [-0.2, 0) is 0 Å². The number of hydrogen-bond donors (Lipinski definition) is 1. The van der Waals surface area contributed by atoms with Crippen molar-refractivity contribution in [2.75, 3.05) is 13.1 Å². The van der Waals surface area contributed by atoms with E-state index in [0.29, 0.717) is 5.75 Å². The molecular weight excluding hydrogens is 234 g/mol. The van der Waals surface area contributed by atoms with Crippen molar-refractivity contribution in [1.29, 1.82) is 0 Å². The molecule has 2 aromatic rings. The highest BCUT2D eigenvalue weighted by Crippen LogP contribution is 2.38. The molecule has 2 aromatic carbocycles. The summed E-state index contributed by atoms with van der Waals surface area (Å²) in [5, 5.41) is 11.8. The van der Waals surface area contributed by atoms with E-state index in [1.165, 1.54) is 42.5 Å². The van der Waals surface area contributed by atoms with Crippen LogP contribution in [0.25, 0.3) is 16.3 Å². The maximum Gasteiger partial charge on any atom is 0.116 e. The number of phenols is 1. The van der Waals surface area contributed by atoms with E-state index in [-0.39, 0.29) is 0 Å². The maximum absolute atomic E-state index is 9.52. The molecule has 0 saturated carbocycles. The Morgan fingerprint density at radius 3 is 2.42 bits per heavy atom. The Bertz CT molecular complexity index is 666. The zero-order chi connectivity index (χ0) is 12.8. The van der Waals surface area contributed by atoms with Crippen LogP contribution in [0.2, 0.25) is 0 Å². The summed E-state index contributed by atoms with van der Waals surface area (Å²) >= 11 is 0. The van der Waals surface area contributed by atoms with E-state index >= 15 is 0 Å². The molecule has 2 bridgehead atoms. The highest BCUT2D eigenvalue weighted by molar-refractivity contribution is 5.87. The van der Waals surface area contributed by atoms with Crippen molar-refractivity contribution < 1.29 is 5.11 Å². The predicted molar refractivity (Wildman–Crippen MR) is 77.9 cm³/mol. The summed E-state index contributed by atoms with van der Waals surface area (Å²) in [6.07, 6.45) is 4.93. The van der Waals surface area contributed by atoms with E-state index in [1.54, 1.807) is 6.07 Å². The van der Waals surface area contributed by atoms with Gasteiger partial charge >= 0.3 is 0 Å². The molecule has 0 aromatic heterocycles. The summed E-state index contributed by atoms with van der Waals surface area (Å²) in [6, 6.07) is 12.1. The van der Waals surface area contributed by atoms with Gasteiger partial charge in [-0.05, 0) is 58.9 Å². The minimum absolute atomic E-state index is 0.335. The summed E-state index contributed by atoms with van der Waals surface area (Å²) in [7, 11) is 0. The first-order valence-corrected chi connectivity index (χ1v) is 6.98. The number of phenolic OH excluding ortho intramolecular Hbond substituents is 1. The number of nitrogens with zero attached hydrogens (tertiary/aromatic N) is 1. The number of hydrogen-bond acceptors (Lipinski definition) is 2. The highest BCUT2D eigenvalue weighted by atomic mass is 16.3. The lowest BCUT2D eigenvalue weighted by molar-refractivity contribution is 0.252. The van der Waals surface area contributed by atoms with Gasteiger partial charge in [0, 0.05) is 19.3 Å². The van der Waals surface area contributed by atoms with Crippen LogP contribution in [0.4, 0.5) is 0 Å². The number of piperidine rings is 1. The first kappa shape index (κ1) is 10.9. The summed E-state index contributed by atoms with van der Waals surface area (Å²) in [6.45, 7) is 2.44. The van der Waals surface area contributed by atoms with Crippen molar-refractivity contribution in [1.82, 2.24) is 4.90 Å². The number of allylic oxidation sites excluding steroid dienone is 1. The number of fused-ring (bicyclic) bond motifs is 3. The van der Waals surface area contributed by atoms with Gasteiger partial charge in [-0.1, -0.05) is 18.2 Å². The third-order valence-electron chi connectivity index (χ3n) is 4.45. The highest BCUT2D eigenvalue weighted by Gasteiger charge is 2.27. The van der Waals surface area contributed by atoms with E-state index in [2.05, 4.69) is 29.3 Å². The Kier molecular flexibility index (Phi) is 2.31. The summed E-state index contributed by atoms with van der Waals surface area (Å²) < 4.78 is 0. The molecule has 3 heterocycles. The van der Waals surface area contributed by atoms with Crippen LogP contribution >= 0.6 is 0 Å². The molecule has 0 spiro atoms. The van der Waals surface area contributed by atoms with Gasteiger partial charge in [-0.25, -0.2) is 0 Å². The standard InChI is InChI=1S/C17H17NO/c19-16-4-3-13-9-15(2-1-14(13)10-16)17-11-18-7-5-12(17)6-8-18/h1-4,9-12,19H,5-8H2. The molecule has 0 radical (unpaired) electrons. The minimum atomic E-state index is 0.335. The van der Waals surface area contributed by atoms with E-state index in [4.69, 9.17) is 0 Å². The van der Waals surface area contributed by atoms with Crippen LogP contribution in [0, 0.1) is 5.92 Å². The van der Waals surface area contributed by atoms with Crippen molar-refractivity contribution in [2.45, 2.75) is 12.8 Å². The smallest absolute Gasteiger partial charge is 0.116 e. The summed E-state index contributed by atoms with van der Waals surface area (Å²) in [5.74, 6) is 1.07. The Morgan fingerprint density at radius 2 is 1.68 bits per heavy atom. The third kappa shape index (κ3) is 1.79. The predicted octanol–water partition coefficient (Wildman–Crippen LogP) is 3.61. The second-order valence-corrected chi connectivity index (χ2v) is 5.64. The van der Waals surface area contributed by atoms with Crippen molar-refractivity contribution in [3.05, 3.63) is 48.2 Å². The maximum atomic E-state index is 9.52. The fourth-order valence-electron chi connectivity index (χ4n) is 3.36. The van der Waals surface area contributed by atoms with Gasteiger partial charge in [0.15, 0.2) is 0 Å². The zero-order valence-electron chi connectivity index (χ0n) is 10.8. The second kappa shape index (κ2) is 4.02. The third-order valence-corrected chi connectivity index (χ3v) is 4.45. The SMILES string of the molecule is Oc1ccc2cc(C3=CN4CCC3CC4)ccc2c1. The number of rotatable bonds is 1. The lowest BCUT2D eigenvalue weighted by atomic mass is 9.82. The van der Waals surface area contributed by atoms with Crippen LogP contribution in [-0.4, -0.2) is 23.1 Å². The van der Waals surface area contributed by atoms with E-state index in [9.17, 15) is 5.11 Å². The fourth-order valence-corrected chi connectivity index (χ4v) is 3.36. The molecule has 5 rings (SSSR count). The average Bonchev–Trinajstić information content (AvgIpc) is 2.48. The van der Waals surface area contributed by atoms with Gasteiger partial charge in [0.2, 0.25) is 0 Å². The molecule has 2 heteroatoms. The quantitative estimate of drug-likeness (QED) is 0.837. The molecule has 3 aliphatic rings. The Balaban J connectivity index is 1.81. The lowest BCUT2D eigenvalue weighted by Gasteiger charge is -2.39. The molecule has 2 nitrogen and oxygen atoms in total. The zero-order valence-corrected chi connectivity index (χ0v) is 10.8. The van der Waals surface area contributed by atoms with Gasteiger partial charge in [-0.15, -0.1) is 0 Å². The fraction of sp³-hybridized carbons (Fsp3) is 0.294. The monoisotopic (exact) mass is 251 g/mol. The van der Waals surface area contributed by atoms with E-state index in [0.717, 1.165) is 11.3 Å². The molecule has 0 atom stereocenters. The van der Waals surface area contributed by atoms with Crippen LogP contribution < -0.4 is 0 Å². The van der Waals surface area contributed by atoms with Crippen molar-refractivity contribution in [2.24, 2.45) is 5.92 Å². The Labute approximate surface area is 113 Å². The number of aromatic hydroxyl groups is 1. The Hall–Kier alpha value is -1.96. The van der Waals surface area contributed by atoms with Gasteiger partial charge in [-0.3, -0.25) is 0 Å². The van der Waals surface area contributed by atoms with Crippen molar-refractivity contribution >= 4 is 16.3 Å².